The zero-order valence-corrected chi connectivity index (χ0v) is 14.6. The Balaban J connectivity index is 2.02. The fourth-order valence-corrected chi connectivity index (χ4v) is 3.22. The molecular weight excluding hydrogens is 351 g/mol. The van der Waals surface area contributed by atoms with Crippen LogP contribution in [0.1, 0.15) is 16.5 Å². The second kappa shape index (κ2) is 6.61. The fraction of sp³-hybridized carbons (Fsp3) is 0.0526. The SMILES string of the molecule is Cc1ncccc1-n1c(/C=C/c2nccs2)nc2ccc(F)cc2c1=O. The van der Waals surface area contributed by atoms with Gasteiger partial charge in [-0.2, -0.15) is 0 Å². The zero-order chi connectivity index (χ0) is 18.1. The van der Waals surface area contributed by atoms with E-state index in [1.165, 1.54) is 34.1 Å². The number of aromatic nitrogens is 4. The summed E-state index contributed by atoms with van der Waals surface area (Å²) < 4.78 is 15.1. The van der Waals surface area contributed by atoms with Crippen LogP contribution in [0.2, 0.25) is 0 Å². The number of rotatable bonds is 3. The molecule has 0 spiro atoms. The van der Waals surface area contributed by atoms with E-state index in [0.29, 0.717) is 22.7 Å². The average molecular weight is 364 g/mol. The predicted octanol–water partition coefficient (Wildman–Crippen LogP) is 3.86. The minimum atomic E-state index is -0.475. The van der Waals surface area contributed by atoms with Crippen LogP contribution in [0.25, 0.3) is 28.7 Å². The molecule has 1 aromatic carbocycles. The quantitative estimate of drug-likeness (QED) is 0.554. The lowest BCUT2D eigenvalue weighted by Gasteiger charge is -2.13. The molecule has 4 aromatic rings. The summed E-state index contributed by atoms with van der Waals surface area (Å²) in [5.74, 6) is -0.0441. The first kappa shape index (κ1) is 16.3. The second-order valence-electron chi connectivity index (χ2n) is 5.58. The van der Waals surface area contributed by atoms with E-state index >= 15 is 0 Å². The highest BCUT2D eigenvalue weighted by molar-refractivity contribution is 7.10. The topological polar surface area (TPSA) is 60.7 Å². The predicted molar refractivity (Wildman–Crippen MR) is 101 cm³/mol. The molecule has 0 aliphatic carbocycles. The third-order valence-corrected chi connectivity index (χ3v) is 4.64. The summed E-state index contributed by atoms with van der Waals surface area (Å²) in [6, 6.07) is 7.55. The summed E-state index contributed by atoms with van der Waals surface area (Å²) in [5.41, 5.74) is 1.38. The highest BCUT2D eigenvalue weighted by Crippen LogP contribution is 2.18. The summed E-state index contributed by atoms with van der Waals surface area (Å²) >= 11 is 1.48. The lowest BCUT2D eigenvalue weighted by Crippen LogP contribution is -2.23. The van der Waals surface area contributed by atoms with Crippen molar-refractivity contribution in [3.05, 3.63) is 80.8 Å². The summed E-state index contributed by atoms with van der Waals surface area (Å²) in [6.45, 7) is 1.81. The van der Waals surface area contributed by atoms with Gasteiger partial charge in [0.2, 0.25) is 0 Å². The number of halogens is 1. The van der Waals surface area contributed by atoms with E-state index in [-0.39, 0.29) is 10.9 Å². The van der Waals surface area contributed by atoms with Gasteiger partial charge in [0, 0.05) is 17.8 Å². The molecule has 0 unspecified atom stereocenters. The molecule has 5 nitrogen and oxygen atoms in total. The van der Waals surface area contributed by atoms with Crippen molar-refractivity contribution >= 4 is 34.4 Å². The lowest BCUT2D eigenvalue weighted by atomic mass is 10.2. The van der Waals surface area contributed by atoms with E-state index in [9.17, 15) is 9.18 Å². The molecule has 0 fully saturated rings. The van der Waals surface area contributed by atoms with Gasteiger partial charge in [0.15, 0.2) is 0 Å². The summed E-state index contributed by atoms with van der Waals surface area (Å²) in [4.78, 5) is 26.1. The number of aryl methyl sites for hydroxylation is 1. The number of nitrogens with zero attached hydrogens (tertiary/aromatic N) is 4. The molecule has 3 heterocycles. The van der Waals surface area contributed by atoms with Gasteiger partial charge in [0.05, 0.1) is 22.3 Å². The third-order valence-electron chi connectivity index (χ3n) is 3.90. The molecule has 128 valence electrons. The molecule has 0 saturated heterocycles. The standard InChI is InChI=1S/C19H13FN4OS/c1-12-16(3-2-8-21-12)24-17(6-7-18-22-9-10-26-18)23-15-5-4-13(20)11-14(15)19(24)25/h2-11H,1H3/b7-6+. The van der Waals surface area contributed by atoms with Crippen LogP contribution in [-0.4, -0.2) is 19.5 Å². The van der Waals surface area contributed by atoms with Crippen LogP contribution >= 0.6 is 11.3 Å². The number of fused-ring (bicyclic) bond motifs is 1. The van der Waals surface area contributed by atoms with E-state index in [1.54, 1.807) is 36.7 Å². The van der Waals surface area contributed by atoms with Crippen molar-refractivity contribution in [2.24, 2.45) is 0 Å². The van der Waals surface area contributed by atoms with Crippen LogP contribution in [-0.2, 0) is 0 Å². The van der Waals surface area contributed by atoms with Crippen molar-refractivity contribution in [3.8, 4) is 5.69 Å². The molecule has 4 rings (SSSR count). The van der Waals surface area contributed by atoms with E-state index < -0.39 is 5.82 Å². The smallest absolute Gasteiger partial charge is 0.266 e. The monoisotopic (exact) mass is 364 g/mol. The van der Waals surface area contributed by atoms with Gasteiger partial charge in [-0.25, -0.2) is 14.4 Å². The minimum Gasteiger partial charge on any atom is -0.268 e. The molecule has 0 bridgehead atoms. The zero-order valence-electron chi connectivity index (χ0n) is 13.8. The Morgan fingerprint density at radius 3 is 2.81 bits per heavy atom. The first-order valence-electron chi connectivity index (χ1n) is 7.85. The first-order chi connectivity index (χ1) is 12.6. The van der Waals surface area contributed by atoms with Gasteiger partial charge >= 0.3 is 0 Å². The maximum Gasteiger partial charge on any atom is 0.266 e. The minimum absolute atomic E-state index is 0.222. The Bertz CT molecular complexity index is 1180. The van der Waals surface area contributed by atoms with Crippen LogP contribution in [0.4, 0.5) is 4.39 Å². The Morgan fingerprint density at radius 1 is 1.15 bits per heavy atom. The van der Waals surface area contributed by atoms with Gasteiger partial charge < -0.3 is 0 Å². The summed E-state index contributed by atoms with van der Waals surface area (Å²) in [5, 5.41) is 2.89. The summed E-state index contributed by atoms with van der Waals surface area (Å²) in [6.07, 6.45) is 6.89. The van der Waals surface area contributed by atoms with Crippen molar-refractivity contribution in [2.45, 2.75) is 6.92 Å². The molecule has 0 N–H and O–H groups in total. The Kier molecular flexibility index (Phi) is 4.14. The maximum absolute atomic E-state index is 13.7. The van der Waals surface area contributed by atoms with Crippen molar-refractivity contribution in [1.82, 2.24) is 19.5 Å². The highest BCUT2D eigenvalue weighted by atomic mass is 32.1. The number of pyridine rings is 1. The van der Waals surface area contributed by atoms with Crippen LogP contribution in [0.3, 0.4) is 0 Å². The van der Waals surface area contributed by atoms with Crippen LogP contribution in [0, 0.1) is 12.7 Å². The van der Waals surface area contributed by atoms with Crippen LogP contribution in [0.15, 0.2) is 52.9 Å². The van der Waals surface area contributed by atoms with Gasteiger partial charge in [-0.1, -0.05) is 0 Å². The van der Waals surface area contributed by atoms with Gasteiger partial charge in [0.25, 0.3) is 5.56 Å². The molecular formula is C19H13FN4OS. The molecule has 0 aliphatic heterocycles. The van der Waals surface area contributed by atoms with Crippen LogP contribution < -0.4 is 5.56 Å². The maximum atomic E-state index is 13.7. The van der Waals surface area contributed by atoms with Gasteiger partial charge in [-0.3, -0.25) is 14.3 Å². The van der Waals surface area contributed by atoms with Crippen molar-refractivity contribution < 1.29 is 4.39 Å². The first-order valence-corrected chi connectivity index (χ1v) is 8.73. The van der Waals surface area contributed by atoms with Crippen molar-refractivity contribution in [2.75, 3.05) is 0 Å². The molecule has 0 aliphatic rings. The number of hydrogen-bond acceptors (Lipinski definition) is 5. The molecule has 0 amide bonds. The largest absolute Gasteiger partial charge is 0.268 e. The Hall–Kier alpha value is -3.19. The number of benzene rings is 1. The molecule has 26 heavy (non-hydrogen) atoms. The van der Waals surface area contributed by atoms with E-state index in [0.717, 1.165) is 5.01 Å². The molecule has 0 saturated carbocycles. The third kappa shape index (κ3) is 2.93. The summed E-state index contributed by atoms with van der Waals surface area (Å²) in [7, 11) is 0. The molecule has 0 atom stereocenters. The number of thiazole rings is 1. The molecule has 0 radical (unpaired) electrons. The van der Waals surface area contributed by atoms with Crippen LogP contribution in [0.5, 0.6) is 0 Å². The second-order valence-corrected chi connectivity index (χ2v) is 6.51. The number of hydrogen-bond donors (Lipinski definition) is 0. The lowest BCUT2D eigenvalue weighted by molar-refractivity contribution is 0.629. The van der Waals surface area contributed by atoms with E-state index in [1.807, 2.05) is 12.3 Å². The average Bonchev–Trinajstić information content (AvgIpc) is 3.15. The van der Waals surface area contributed by atoms with E-state index in [4.69, 9.17) is 0 Å². The van der Waals surface area contributed by atoms with Crippen molar-refractivity contribution in [1.29, 1.82) is 0 Å². The normalized spacial score (nSPS) is 11.5. The fourth-order valence-electron chi connectivity index (χ4n) is 2.69. The molecule has 7 heteroatoms. The Labute approximate surface area is 152 Å². The van der Waals surface area contributed by atoms with Gasteiger partial charge in [-0.05, 0) is 49.4 Å². The molecule has 3 aromatic heterocycles. The van der Waals surface area contributed by atoms with E-state index in [2.05, 4.69) is 15.0 Å². The van der Waals surface area contributed by atoms with Gasteiger partial charge in [0.1, 0.15) is 16.6 Å². The Morgan fingerprint density at radius 2 is 2.04 bits per heavy atom. The van der Waals surface area contributed by atoms with Gasteiger partial charge in [-0.15, -0.1) is 11.3 Å². The highest BCUT2D eigenvalue weighted by Gasteiger charge is 2.14. The van der Waals surface area contributed by atoms with Crippen molar-refractivity contribution in [3.63, 3.8) is 0 Å².